The van der Waals surface area contributed by atoms with E-state index in [1.165, 1.54) is 74.0 Å². The molecule has 0 aliphatic carbocycles. The molecule has 0 bridgehead atoms. The third kappa shape index (κ3) is 4.81. The van der Waals surface area contributed by atoms with E-state index >= 15 is 0 Å². The van der Waals surface area contributed by atoms with Crippen LogP contribution in [0.4, 0.5) is 0 Å². The molecule has 0 saturated carbocycles. The maximum Gasteiger partial charge on any atom is 0.240 e. The minimum atomic E-state index is -3.96. The standard InChI is InChI=1S/C19H18ClNO6S2/c1-26-15-6-10-17(11-7-15)29(24,25)21-13-19(18-3-2-12-27-18)28(22,23)16-8-4-14(20)5-9-16/h2-12,19,21H,13H2,1H3/t19-/m0/s1. The number of hydrogen-bond acceptors (Lipinski definition) is 6. The Morgan fingerprint density at radius 1 is 0.966 bits per heavy atom. The third-order valence-electron chi connectivity index (χ3n) is 4.21. The van der Waals surface area contributed by atoms with Crippen molar-refractivity contribution in [2.24, 2.45) is 0 Å². The van der Waals surface area contributed by atoms with Gasteiger partial charge in [-0.15, -0.1) is 0 Å². The number of benzene rings is 2. The van der Waals surface area contributed by atoms with Gasteiger partial charge < -0.3 is 9.15 Å². The van der Waals surface area contributed by atoms with Crippen LogP contribution in [0.5, 0.6) is 5.75 Å². The van der Waals surface area contributed by atoms with Crippen LogP contribution < -0.4 is 9.46 Å². The highest BCUT2D eigenvalue weighted by molar-refractivity contribution is 7.92. The van der Waals surface area contributed by atoms with Gasteiger partial charge in [0.2, 0.25) is 10.0 Å². The molecule has 0 amide bonds. The van der Waals surface area contributed by atoms with Gasteiger partial charge in [-0.3, -0.25) is 0 Å². The molecule has 3 rings (SSSR count). The summed E-state index contributed by atoms with van der Waals surface area (Å²) in [5, 5.41) is -0.870. The Bertz CT molecular complexity index is 1160. The van der Waals surface area contributed by atoms with Crippen LogP contribution in [0, 0.1) is 0 Å². The van der Waals surface area contributed by atoms with Gasteiger partial charge in [-0.2, -0.15) is 0 Å². The summed E-state index contributed by atoms with van der Waals surface area (Å²) in [5.41, 5.74) is 0. The van der Waals surface area contributed by atoms with Crippen molar-refractivity contribution in [2.45, 2.75) is 15.0 Å². The summed E-state index contributed by atoms with van der Waals surface area (Å²) in [6.07, 6.45) is 1.33. The van der Waals surface area contributed by atoms with Gasteiger partial charge in [0.1, 0.15) is 16.8 Å². The van der Waals surface area contributed by atoms with Gasteiger partial charge in [0, 0.05) is 11.6 Å². The SMILES string of the molecule is COc1ccc(S(=O)(=O)NC[C@@H](c2ccco2)S(=O)(=O)c2ccc(Cl)cc2)cc1. The van der Waals surface area contributed by atoms with Crippen LogP contribution in [0.1, 0.15) is 11.0 Å². The van der Waals surface area contributed by atoms with Gasteiger partial charge in [0.05, 0.1) is 23.2 Å². The van der Waals surface area contributed by atoms with E-state index < -0.39 is 31.7 Å². The lowest BCUT2D eigenvalue weighted by molar-refractivity contribution is 0.414. The first-order valence-corrected chi connectivity index (χ1v) is 11.8. The summed E-state index contributed by atoms with van der Waals surface area (Å²) in [7, 11) is -6.44. The fraction of sp³-hybridized carbons (Fsp3) is 0.158. The summed E-state index contributed by atoms with van der Waals surface area (Å²) < 4.78 is 64.1. The molecule has 29 heavy (non-hydrogen) atoms. The van der Waals surface area contributed by atoms with Gasteiger partial charge in [0.15, 0.2) is 9.84 Å². The third-order valence-corrected chi connectivity index (χ3v) is 7.97. The van der Waals surface area contributed by atoms with Gasteiger partial charge in [-0.25, -0.2) is 21.6 Å². The predicted molar refractivity (Wildman–Crippen MR) is 108 cm³/mol. The molecule has 0 spiro atoms. The Morgan fingerprint density at radius 2 is 1.59 bits per heavy atom. The zero-order valence-corrected chi connectivity index (χ0v) is 17.7. The number of hydrogen-bond donors (Lipinski definition) is 1. The highest BCUT2D eigenvalue weighted by Gasteiger charge is 2.33. The highest BCUT2D eigenvalue weighted by Crippen LogP contribution is 2.30. The molecule has 0 radical (unpaired) electrons. The van der Waals surface area contributed by atoms with E-state index in [0.717, 1.165) is 0 Å². The zero-order chi connectivity index (χ0) is 21.1. The fourth-order valence-electron chi connectivity index (χ4n) is 2.65. The van der Waals surface area contributed by atoms with Crippen molar-refractivity contribution >= 4 is 31.5 Å². The lowest BCUT2D eigenvalue weighted by atomic mass is 10.3. The highest BCUT2D eigenvalue weighted by atomic mass is 35.5. The summed E-state index contributed by atoms with van der Waals surface area (Å²) in [6.45, 7) is -0.410. The lowest BCUT2D eigenvalue weighted by Gasteiger charge is -2.17. The van der Waals surface area contributed by atoms with E-state index in [2.05, 4.69) is 4.72 Å². The summed E-state index contributed by atoms with van der Waals surface area (Å²) >= 11 is 5.84. The van der Waals surface area contributed by atoms with Crippen LogP contribution >= 0.6 is 11.6 Å². The molecule has 0 aliphatic heterocycles. The molecule has 2 aromatic carbocycles. The van der Waals surface area contributed by atoms with Gasteiger partial charge >= 0.3 is 0 Å². The Morgan fingerprint density at radius 3 is 2.14 bits per heavy atom. The molecule has 154 valence electrons. The summed E-state index contributed by atoms with van der Waals surface area (Å²) in [6, 6.07) is 14.4. The van der Waals surface area contributed by atoms with E-state index in [4.69, 9.17) is 20.8 Å². The van der Waals surface area contributed by atoms with E-state index in [1.807, 2.05) is 0 Å². The van der Waals surface area contributed by atoms with Gasteiger partial charge in [0.25, 0.3) is 0 Å². The van der Waals surface area contributed by atoms with Crippen molar-refractivity contribution in [1.29, 1.82) is 0 Å². The second-order valence-electron chi connectivity index (χ2n) is 6.03. The van der Waals surface area contributed by atoms with Crippen molar-refractivity contribution in [3.8, 4) is 5.75 Å². The Hall–Kier alpha value is -2.33. The largest absolute Gasteiger partial charge is 0.497 e. The predicted octanol–water partition coefficient (Wildman–Crippen LogP) is 3.44. The number of ether oxygens (including phenoxy) is 1. The molecule has 1 heterocycles. The van der Waals surface area contributed by atoms with E-state index in [1.54, 1.807) is 0 Å². The molecule has 10 heteroatoms. The van der Waals surface area contributed by atoms with Crippen LogP contribution in [0.3, 0.4) is 0 Å². The van der Waals surface area contributed by atoms with Crippen LogP contribution in [-0.4, -0.2) is 30.5 Å². The molecule has 3 aromatic rings. The number of sulfonamides is 1. The zero-order valence-electron chi connectivity index (χ0n) is 15.3. The molecular weight excluding hydrogens is 438 g/mol. The topological polar surface area (TPSA) is 103 Å². The summed E-state index contributed by atoms with van der Waals surface area (Å²) in [5.74, 6) is 0.625. The molecule has 0 saturated heterocycles. The number of rotatable bonds is 8. The molecule has 0 fully saturated rings. The van der Waals surface area contributed by atoms with E-state index in [9.17, 15) is 16.8 Å². The maximum absolute atomic E-state index is 13.1. The average molecular weight is 456 g/mol. The number of furan rings is 1. The molecular formula is C19H18ClNO6S2. The van der Waals surface area contributed by atoms with Crippen molar-refractivity contribution in [1.82, 2.24) is 4.72 Å². The number of halogens is 1. The van der Waals surface area contributed by atoms with Crippen molar-refractivity contribution in [2.75, 3.05) is 13.7 Å². The molecule has 7 nitrogen and oxygen atoms in total. The number of nitrogens with one attached hydrogen (secondary N) is 1. The monoisotopic (exact) mass is 455 g/mol. The van der Waals surface area contributed by atoms with Gasteiger partial charge in [-0.1, -0.05) is 11.6 Å². The second kappa shape index (κ2) is 8.58. The minimum Gasteiger partial charge on any atom is -0.497 e. The molecule has 1 N–H and O–H groups in total. The van der Waals surface area contributed by atoms with Crippen molar-refractivity contribution < 1.29 is 26.0 Å². The van der Waals surface area contributed by atoms with Gasteiger partial charge in [-0.05, 0) is 60.7 Å². The smallest absolute Gasteiger partial charge is 0.240 e. The quantitative estimate of drug-likeness (QED) is 0.558. The average Bonchev–Trinajstić information content (AvgIpc) is 3.22. The lowest BCUT2D eigenvalue weighted by Crippen LogP contribution is -2.31. The van der Waals surface area contributed by atoms with Crippen molar-refractivity contribution in [3.63, 3.8) is 0 Å². The van der Waals surface area contributed by atoms with E-state index in [-0.39, 0.29) is 15.6 Å². The number of methoxy groups -OCH3 is 1. The maximum atomic E-state index is 13.1. The van der Waals surface area contributed by atoms with Crippen molar-refractivity contribution in [3.05, 3.63) is 77.7 Å². The molecule has 0 unspecified atom stereocenters. The molecule has 1 aromatic heterocycles. The summed E-state index contributed by atoms with van der Waals surface area (Å²) in [4.78, 5) is -0.00710. The van der Waals surface area contributed by atoms with Crippen LogP contribution in [0.25, 0.3) is 0 Å². The molecule has 0 aliphatic rings. The normalized spacial score (nSPS) is 13.2. The Kier molecular flexibility index (Phi) is 6.33. The first-order chi connectivity index (χ1) is 13.7. The van der Waals surface area contributed by atoms with E-state index in [0.29, 0.717) is 10.8 Å². The number of sulfone groups is 1. The Balaban J connectivity index is 1.89. The fourth-order valence-corrected chi connectivity index (χ4v) is 5.52. The van der Waals surface area contributed by atoms with Crippen LogP contribution in [0.15, 0.2) is 81.1 Å². The Labute approximate surface area is 174 Å². The minimum absolute atomic E-state index is 0.00643. The second-order valence-corrected chi connectivity index (χ2v) is 10.4. The van der Waals surface area contributed by atoms with Crippen LogP contribution in [-0.2, 0) is 19.9 Å². The first kappa shape index (κ1) is 21.4. The first-order valence-electron chi connectivity index (χ1n) is 8.40. The molecule has 1 atom stereocenters. The van der Waals surface area contributed by atoms with Crippen LogP contribution in [0.2, 0.25) is 5.02 Å².